The summed E-state index contributed by atoms with van der Waals surface area (Å²) in [4.78, 5) is 40.9. The summed E-state index contributed by atoms with van der Waals surface area (Å²) < 4.78 is -0.465. The highest BCUT2D eigenvalue weighted by molar-refractivity contribution is 8.01. The minimum atomic E-state index is -0.642. The normalized spacial score (nSPS) is 22.8. The number of nitrogens with one attached hydrogen (secondary N) is 2. The summed E-state index contributed by atoms with van der Waals surface area (Å²) in [5, 5.41) is 5.73. The van der Waals surface area contributed by atoms with Crippen molar-refractivity contribution in [1.82, 2.24) is 15.5 Å². The Morgan fingerprint density at radius 2 is 1.83 bits per heavy atom. The number of hydrogen-bond donors (Lipinski definition) is 2. The van der Waals surface area contributed by atoms with Gasteiger partial charge in [-0.1, -0.05) is 45.9 Å². The largest absolute Gasteiger partial charge is 0.354 e. The Balaban J connectivity index is 1.78. The predicted octanol–water partition coefficient (Wildman–Crippen LogP) is 3.34. The minimum absolute atomic E-state index is 0.0626. The first kappa shape index (κ1) is 22.7. The predicted molar refractivity (Wildman–Crippen MR) is 120 cm³/mol. The van der Waals surface area contributed by atoms with Crippen molar-refractivity contribution in [3.05, 3.63) is 35.4 Å². The van der Waals surface area contributed by atoms with Gasteiger partial charge in [0.2, 0.25) is 11.8 Å². The molecule has 2 aliphatic rings. The molecule has 0 radical (unpaired) electrons. The van der Waals surface area contributed by atoms with Crippen molar-refractivity contribution < 1.29 is 14.4 Å². The van der Waals surface area contributed by atoms with E-state index < -0.39 is 16.8 Å². The van der Waals surface area contributed by atoms with Crippen LogP contribution in [0.3, 0.4) is 0 Å². The second-order valence-electron chi connectivity index (χ2n) is 9.48. The van der Waals surface area contributed by atoms with Gasteiger partial charge in [-0.25, -0.2) is 0 Å². The van der Waals surface area contributed by atoms with Gasteiger partial charge < -0.3 is 15.5 Å². The highest BCUT2D eigenvalue weighted by Gasteiger charge is 2.57. The fourth-order valence-electron chi connectivity index (χ4n) is 4.17. The van der Waals surface area contributed by atoms with Crippen LogP contribution in [-0.4, -0.2) is 46.0 Å². The van der Waals surface area contributed by atoms with Crippen LogP contribution in [0.15, 0.2) is 24.3 Å². The lowest BCUT2D eigenvalue weighted by Crippen LogP contribution is -2.58. The lowest BCUT2D eigenvalue weighted by atomic mass is 9.98. The lowest BCUT2D eigenvalue weighted by Gasteiger charge is -2.32. The Hall–Kier alpha value is -2.02. The van der Waals surface area contributed by atoms with E-state index in [2.05, 4.69) is 24.5 Å². The van der Waals surface area contributed by atoms with Gasteiger partial charge in [0.1, 0.15) is 17.5 Å². The molecule has 7 heteroatoms. The van der Waals surface area contributed by atoms with Crippen LogP contribution in [0, 0.1) is 11.8 Å². The number of carbonyl (C=O) groups excluding carboxylic acids is 3. The Bertz CT molecular complexity index is 837. The number of benzene rings is 1. The van der Waals surface area contributed by atoms with Gasteiger partial charge in [0.15, 0.2) is 0 Å². The molecule has 0 aliphatic carbocycles. The first-order chi connectivity index (χ1) is 14.0. The maximum atomic E-state index is 13.4. The number of amides is 3. The molecule has 30 heavy (non-hydrogen) atoms. The highest BCUT2D eigenvalue weighted by atomic mass is 32.2. The first-order valence-corrected chi connectivity index (χ1v) is 11.6. The van der Waals surface area contributed by atoms with Crippen LogP contribution in [0.25, 0.3) is 0 Å². The van der Waals surface area contributed by atoms with Crippen molar-refractivity contribution in [3.63, 3.8) is 0 Å². The van der Waals surface area contributed by atoms with Crippen LogP contribution < -0.4 is 10.6 Å². The van der Waals surface area contributed by atoms with Crippen LogP contribution in [0.5, 0.6) is 0 Å². The SMILES string of the molecule is CC(C)CCNC(=O)[C@@H](NC(=O)[C@@H]1N2C(=O)c3ccccc3[C@@H]2SC1(C)C)C(C)C. The molecular weight excluding hydrogens is 398 g/mol. The number of thioether (sulfide) groups is 1. The molecule has 2 aliphatic heterocycles. The van der Waals surface area contributed by atoms with Gasteiger partial charge in [0, 0.05) is 16.9 Å². The van der Waals surface area contributed by atoms with E-state index in [1.807, 2.05) is 52.0 Å². The molecule has 6 nitrogen and oxygen atoms in total. The third-order valence-corrected chi connectivity index (χ3v) is 7.35. The Morgan fingerprint density at radius 1 is 1.17 bits per heavy atom. The molecule has 0 spiro atoms. The van der Waals surface area contributed by atoms with Crippen molar-refractivity contribution in [2.75, 3.05) is 6.54 Å². The van der Waals surface area contributed by atoms with E-state index in [9.17, 15) is 14.4 Å². The Kier molecular flexibility index (Phi) is 6.51. The maximum absolute atomic E-state index is 13.4. The van der Waals surface area contributed by atoms with Gasteiger partial charge >= 0.3 is 0 Å². The lowest BCUT2D eigenvalue weighted by molar-refractivity contribution is -0.132. The monoisotopic (exact) mass is 431 g/mol. The second kappa shape index (κ2) is 8.61. The molecule has 3 rings (SSSR count). The van der Waals surface area contributed by atoms with Gasteiger partial charge in [-0.3, -0.25) is 14.4 Å². The van der Waals surface area contributed by atoms with Crippen LogP contribution in [0.2, 0.25) is 0 Å². The van der Waals surface area contributed by atoms with Crippen LogP contribution in [-0.2, 0) is 9.59 Å². The average molecular weight is 432 g/mol. The van der Waals surface area contributed by atoms with E-state index in [1.54, 1.807) is 16.7 Å². The fraction of sp³-hybridized carbons (Fsp3) is 0.609. The third kappa shape index (κ3) is 4.22. The molecular formula is C23H33N3O3S. The molecule has 1 fully saturated rings. The van der Waals surface area contributed by atoms with Crippen LogP contribution in [0.1, 0.15) is 69.3 Å². The molecule has 1 saturated heterocycles. The molecule has 0 aromatic heterocycles. The van der Waals surface area contributed by atoms with Gasteiger partial charge in [-0.15, -0.1) is 11.8 Å². The van der Waals surface area contributed by atoms with Gasteiger partial charge in [-0.2, -0.15) is 0 Å². The van der Waals surface area contributed by atoms with Crippen molar-refractivity contribution in [1.29, 1.82) is 0 Å². The number of hydrogen-bond acceptors (Lipinski definition) is 4. The number of nitrogens with zero attached hydrogens (tertiary/aromatic N) is 1. The van der Waals surface area contributed by atoms with Crippen LogP contribution >= 0.6 is 11.8 Å². The minimum Gasteiger partial charge on any atom is -0.354 e. The standard InChI is InChI=1S/C23H33N3O3S/c1-13(2)11-12-24-19(27)17(14(3)4)25-20(28)18-23(5,6)30-22-16-10-8-7-9-15(16)21(29)26(18)22/h7-10,13-14,17-18,22H,11-12H2,1-6H3,(H,24,27)(H,25,28)/t17-,18-,22-/m0/s1. The van der Waals surface area contributed by atoms with E-state index in [-0.39, 0.29) is 29.0 Å². The highest BCUT2D eigenvalue weighted by Crippen LogP contribution is 2.56. The Morgan fingerprint density at radius 3 is 2.47 bits per heavy atom. The summed E-state index contributed by atoms with van der Waals surface area (Å²) in [6, 6.07) is 6.27. The molecule has 0 saturated carbocycles. The zero-order valence-corrected chi connectivity index (χ0v) is 19.5. The summed E-state index contributed by atoms with van der Waals surface area (Å²) in [6.07, 6.45) is 0.888. The molecule has 3 amide bonds. The van der Waals surface area contributed by atoms with E-state index in [0.717, 1.165) is 12.0 Å². The first-order valence-electron chi connectivity index (χ1n) is 10.7. The quantitative estimate of drug-likeness (QED) is 0.694. The van der Waals surface area contributed by atoms with Crippen molar-refractivity contribution in [3.8, 4) is 0 Å². The van der Waals surface area contributed by atoms with Crippen molar-refractivity contribution in [2.45, 2.75) is 70.2 Å². The summed E-state index contributed by atoms with van der Waals surface area (Å²) in [7, 11) is 0. The van der Waals surface area contributed by atoms with E-state index >= 15 is 0 Å². The van der Waals surface area contributed by atoms with Gasteiger partial charge in [0.25, 0.3) is 5.91 Å². The zero-order chi connectivity index (χ0) is 22.2. The Labute approximate surface area is 183 Å². The van der Waals surface area contributed by atoms with Gasteiger partial charge in [0.05, 0.1) is 0 Å². The summed E-state index contributed by atoms with van der Waals surface area (Å²) >= 11 is 1.63. The summed E-state index contributed by atoms with van der Waals surface area (Å²) in [6.45, 7) is 12.6. The topological polar surface area (TPSA) is 78.5 Å². The van der Waals surface area contributed by atoms with E-state index in [1.165, 1.54) is 0 Å². The second-order valence-corrected chi connectivity index (χ2v) is 11.2. The molecule has 2 N–H and O–H groups in total. The van der Waals surface area contributed by atoms with Crippen molar-refractivity contribution >= 4 is 29.5 Å². The number of fused-ring (bicyclic) bond motifs is 3. The third-order valence-electron chi connectivity index (χ3n) is 5.81. The van der Waals surface area contributed by atoms with Gasteiger partial charge in [-0.05, 0) is 43.7 Å². The molecule has 1 aromatic carbocycles. The summed E-state index contributed by atoms with van der Waals surface area (Å²) in [5.74, 6) is -0.124. The van der Waals surface area contributed by atoms with E-state index in [4.69, 9.17) is 0 Å². The maximum Gasteiger partial charge on any atom is 0.256 e. The van der Waals surface area contributed by atoms with E-state index in [0.29, 0.717) is 18.0 Å². The number of rotatable bonds is 7. The summed E-state index contributed by atoms with van der Waals surface area (Å²) in [5.41, 5.74) is 1.62. The molecule has 0 unspecified atom stereocenters. The van der Waals surface area contributed by atoms with Crippen molar-refractivity contribution in [2.24, 2.45) is 11.8 Å². The zero-order valence-electron chi connectivity index (χ0n) is 18.7. The molecule has 1 aromatic rings. The number of carbonyl (C=O) groups is 3. The molecule has 0 bridgehead atoms. The molecule has 2 heterocycles. The fourth-order valence-corrected chi connectivity index (χ4v) is 5.75. The smallest absolute Gasteiger partial charge is 0.256 e. The molecule has 3 atom stereocenters. The molecule has 164 valence electrons. The average Bonchev–Trinajstić information content (AvgIpc) is 3.08. The van der Waals surface area contributed by atoms with Crippen LogP contribution in [0.4, 0.5) is 0 Å².